The van der Waals surface area contributed by atoms with E-state index in [2.05, 4.69) is 5.32 Å². The summed E-state index contributed by atoms with van der Waals surface area (Å²) < 4.78 is 18.9. The molecular formula is C15H16FNO2. The molecule has 2 rings (SSSR count). The molecule has 0 aliphatic carbocycles. The van der Waals surface area contributed by atoms with Crippen LogP contribution in [0.25, 0.3) is 11.3 Å². The lowest BCUT2D eigenvalue weighted by Crippen LogP contribution is -2.29. The van der Waals surface area contributed by atoms with E-state index in [4.69, 9.17) is 4.42 Å². The van der Waals surface area contributed by atoms with Crippen LogP contribution in [0.1, 0.15) is 30.0 Å². The highest BCUT2D eigenvalue weighted by Gasteiger charge is 2.13. The van der Waals surface area contributed by atoms with Crippen LogP contribution in [0.2, 0.25) is 0 Å². The lowest BCUT2D eigenvalue weighted by atomic mass is 10.1. The Labute approximate surface area is 111 Å². The number of aryl methyl sites for hydroxylation is 1. The van der Waals surface area contributed by atoms with E-state index in [-0.39, 0.29) is 23.5 Å². The summed E-state index contributed by atoms with van der Waals surface area (Å²) in [6, 6.07) is 8.14. The number of amides is 1. The summed E-state index contributed by atoms with van der Waals surface area (Å²) in [4.78, 5) is 11.7. The van der Waals surface area contributed by atoms with Crippen LogP contribution in [0, 0.1) is 12.7 Å². The first kappa shape index (κ1) is 13.3. The molecule has 3 nitrogen and oxygen atoms in total. The zero-order valence-electron chi connectivity index (χ0n) is 11.2. The van der Waals surface area contributed by atoms with Gasteiger partial charge in [0, 0.05) is 11.6 Å². The van der Waals surface area contributed by atoms with Gasteiger partial charge in [-0.15, -0.1) is 0 Å². The number of hydrogen-bond donors (Lipinski definition) is 1. The van der Waals surface area contributed by atoms with Crippen molar-refractivity contribution < 1.29 is 13.6 Å². The molecule has 0 unspecified atom stereocenters. The summed E-state index contributed by atoms with van der Waals surface area (Å²) in [6.45, 7) is 5.44. The Morgan fingerprint density at radius 1 is 1.26 bits per heavy atom. The third-order valence-electron chi connectivity index (χ3n) is 2.71. The molecule has 0 saturated heterocycles. The van der Waals surface area contributed by atoms with Gasteiger partial charge in [0.15, 0.2) is 5.76 Å². The van der Waals surface area contributed by atoms with Gasteiger partial charge in [0.05, 0.1) is 0 Å². The van der Waals surface area contributed by atoms with Gasteiger partial charge in [0.1, 0.15) is 11.6 Å². The fraction of sp³-hybridized carbons (Fsp3) is 0.267. The first-order valence-electron chi connectivity index (χ1n) is 6.14. The number of carbonyl (C=O) groups is 1. The van der Waals surface area contributed by atoms with E-state index in [9.17, 15) is 9.18 Å². The average molecular weight is 261 g/mol. The van der Waals surface area contributed by atoms with Crippen molar-refractivity contribution in [1.82, 2.24) is 5.32 Å². The number of nitrogens with one attached hydrogen (secondary N) is 1. The van der Waals surface area contributed by atoms with Crippen molar-refractivity contribution in [2.45, 2.75) is 26.8 Å². The SMILES string of the molecule is Cc1ccc(-c2ccc(C(=O)NC(C)C)o2)cc1F. The molecule has 100 valence electrons. The van der Waals surface area contributed by atoms with Crippen molar-refractivity contribution in [3.8, 4) is 11.3 Å². The molecule has 0 aliphatic heterocycles. The van der Waals surface area contributed by atoms with Gasteiger partial charge >= 0.3 is 0 Å². The topological polar surface area (TPSA) is 42.2 Å². The van der Waals surface area contributed by atoms with Gasteiger partial charge in [-0.2, -0.15) is 0 Å². The molecule has 1 heterocycles. The predicted octanol–water partition coefficient (Wildman–Crippen LogP) is 3.53. The molecule has 4 heteroatoms. The van der Waals surface area contributed by atoms with Gasteiger partial charge in [-0.05, 0) is 44.5 Å². The number of benzene rings is 1. The van der Waals surface area contributed by atoms with Crippen molar-refractivity contribution >= 4 is 5.91 Å². The smallest absolute Gasteiger partial charge is 0.287 e. The second kappa shape index (κ2) is 5.26. The number of carbonyl (C=O) groups excluding carboxylic acids is 1. The van der Waals surface area contributed by atoms with Crippen molar-refractivity contribution in [1.29, 1.82) is 0 Å². The first-order valence-corrected chi connectivity index (χ1v) is 6.14. The average Bonchev–Trinajstić information content (AvgIpc) is 2.81. The van der Waals surface area contributed by atoms with Crippen molar-refractivity contribution in [3.05, 3.63) is 47.5 Å². The highest BCUT2D eigenvalue weighted by atomic mass is 19.1. The van der Waals surface area contributed by atoms with Crippen molar-refractivity contribution in [3.63, 3.8) is 0 Å². The zero-order chi connectivity index (χ0) is 14.0. The molecule has 1 aromatic heterocycles. The van der Waals surface area contributed by atoms with Crippen LogP contribution >= 0.6 is 0 Å². The Morgan fingerprint density at radius 3 is 2.63 bits per heavy atom. The largest absolute Gasteiger partial charge is 0.451 e. The molecule has 0 aliphatic rings. The van der Waals surface area contributed by atoms with Crippen LogP contribution in [0.4, 0.5) is 4.39 Å². The number of halogens is 1. The molecule has 1 aromatic carbocycles. The summed E-state index contributed by atoms with van der Waals surface area (Å²) in [6.07, 6.45) is 0. The molecule has 2 aromatic rings. The molecule has 1 amide bonds. The fourth-order valence-corrected chi connectivity index (χ4v) is 1.69. The number of hydrogen-bond acceptors (Lipinski definition) is 2. The monoisotopic (exact) mass is 261 g/mol. The summed E-state index contributed by atoms with van der Waals surface area (Å²) in [7, 11) is 0. The molecular weight excluding hydrogens is 245 g/mol. The lowest BCUT2D eigenvalue weighted by molar-refractivity contribution is 0.0916. The maximum absolute atomic E-state index is 13.5. The van der Waals surface area contributed by atoms with Gasteiger partial charge in [-0.1, -0.05) is 12.1 Å². The second-order valence-corrected chi connectivity index (χ2v) is 4.76. The Bertz CT molecular complexity index is 602. The minimum Gasteiger partial charge on any atom is -0.451 e. The normalized spacial score (nSPS) is 10.8. The third kappa shape index (κ3) is 3.02. The van der Waals surface area contributed by atoms with E-state index in [1.54, 1.807) is 31.2 Å². The Kier molecular flexibility index (Phi) is 3.69. The van der Waals surface area contributed by atoms with E-state index in [1.165, 1.54) is 6.07 Å². The molecule has 0 fully saturated rings. The lowest BCUT2D eigenvalue weighted by Gasteiger charge is -2.05. The number of furan rings is 1. The third-order valence-corrected chi connectivity index (χ3v) is 2.71. The molecule has 0 radical (unpaired) electrons. The van der Waals surface area contributed by atoms with E-state index in [0.29, 0.717) is 16.9 Å². The summed E-state index contributed by atoms with van der Waals surface area (Å²) in [5.41, 5.74) is 1.19. The number of rotatable bonds is 3. The fourth-order valence-electron chi connectivity index (χ4n) is 1.69. The second-order valence-electron chi connectivity index (χ2n) is 4.76. The minimum absolute atomic E-state index is 0.0397. The van der Waals surface area contributed by atoms with E-state index >= 15 is 0 Å². The van der Waals surface area contributed by atoms with Crippen LogP contribution in [0.5, 0.6) is 0 Å². The molecule has 19 heavy (non-hydrogen) atoms. The quantitative estimate of drug-likeness (QED) is 0.918. The maximum Gasteiger partial charge on any atom is 0.287 e. The van der Waals surface area contributed by atoms with Gasteiger partial charge in [0.25, 0.3) is 5.91 Å². The summed E-state index contributed by atoms with van der Waals surface area (Å²) in [5.74, 6) is 0.147. The molecule has 0 saturated carbocycles. The molecule has 0 atom stereocenters. The molecule has 0 spiro atoms. The van der Waals surface area contributed by atoms with Crippen LogP contribution < -0.4 is 5.32 Å². The Balaban J connectivity index is 2.25. The first-order chi connectivity index (χ1) is 8.97. The van der Waals surface area contributed by atoms with Gasteiger partial charge in [-0.25, -0.2) is 4.39 Å². The predicted molar refractivity (Wildman–Crippen MR) is 71.4 cm³/mol. The highest BCUT2D eigenvalue weighted by molar-refractivity contribution is 5.92. The van der Waals surface area contributed by atoms with Crippen LogP contribution in [0.3, 0.4) is 0 Å². The van der Waals surface area contributed by atoms with E-state index in [0.717, 1.165) is 0 Å². The van der Waals surface area contributed by atoms with Gasteiger partial charge < -0.3 is 9.73 Å². The Morgan fingerprint density at radius 2 is 2.00 bits per heavy atom. The minimum atomic E-state index is -0.290. The van der Waals surface area contributed by atoms with Crippen LogP contribution in [-0.2, 0) is 0 Å². The zero-order valence-corrected chi connectivity index (χ0v) is 11.2. The highest BCUT2D eigenvalue weighted by Crippen LogP contribution is 2.24. The van der Waals surface area contributed by atoms with E-state index in [1.807, 2.05) is 13.8 Å². The van der Waals surface area contributed by atoms with Gasteiger partial charge in [0.2, 0.25) is 0 Å². The summed E-state index contributed by atoms with van der Waals surface area (Å²) in [5, 5.41) is 2.74. The Hall–Kier alpha value is -2.10. The van der Waals surface area contributed by atoms with Crippen molar-refractivity contribution in [2.24, 2.45) is 0 Å². The summed E-state index contributed by atoms with van der Waals surface area (Å²) >= 11 is 0. The van der Waals surface area contributed by atoms with Gasteiger partial charge in [-0.3, -0.25) is 4.79 Å². The molecule has 1 N–H and O–H groups in total. The van der Waals surface area contributed by atoms with Crippen LogP contribution in [-0.4, -0.2) is 11.9 Å². The standard InChI is InChI=1S/C15H16FNO2/c1-9(2)17-15(18)14-7-6-13(19-14)11-5-4-10(3)12(16)8-11/h4-9H,1-3H3,(H,17,18). The van der Waals surface area contributed by atoms with Crippen LogP contribution in [0.15, 0.2) is 34.7 Å². The maximum atomic E-state index is 13.5. The molecule has 0 bridgehead atoms. The van der Waals surface area contributed by atoms with E-state index < -0.39 is 0 Å². The van der Waals surface area contributed by atoms with Crippen molar-refractivity contribution in [2.75, 3.05) is 0 Å².